The van der Waals surface area contributed by atoms with Crippen LogP contribution in [0.5, 0.6) is 0 Å². The van der Waals surface area contributed by atoms with Crippen molar-refractivity contribution in [3.8, 4) is 0 Å². The van der Waals surface area contributed by atoms with Gasteiger partial charge in [0.25, 0.3) is 0 Å². The van der Waals surface area contributed by atoms with Gasteiger partial charge >= 0.3 is 271 Å². The van der Waals surface area contributed by atoms with Crippen LogP contribution in [0.2, 0.25) is 8.26 Å². The Bertz CT molecular complexity index is 1510. The van der Waals surface area contributed by atoms with E-state index in [2.05, 4.69) is 149 Å². The quantitative estimate of drug-likeness (QED) is 0.124. The van der Waals surface area contributed by atoms with Crippen molar-refractivity contribution >= 4 is 28.4 Å². The predicted molar refractivity (Wildman–Crippen MR) is 194 cm³/mol. The van der Waals surface area contributed by atoms with Crippen LogP contribution in [0.1, 0.15) is 95.7 Å². The molecule has 2 heteroatoms. The first kappa shape index (κ1) is 31.4. The van der Waals surface area contributed by atoms with Gasteiger partial charge in [0.15, 0.2) is 0 Å². The van der Waals surface area contributed by atoms with Crippen LogP contribution in [-0.4, -0.2) is 5.92 Å². The van der Waals surface area contributed by atoms with E-state index in [1.165, 1.54) is 45.1 Å². The van der Waals surface area contributed by atoms with Gasteiger partial charge in [-0.2, -0.15) is 0 Å². The Kier molecular flexibility index (Phi) is 9.61. The fraction of sp³-hybridized carbons (Fsp3) is 0.333. The molecule has 2 aliphatic rings. The third-order valence-electron chi connectivity index (χ3n) is 11.6. The van der Waals surface area contributed by atoms with Crippen LogP contribution in [0.25, 0.3) is 12.2 Å². The number of rotatable bonds is 13. The van der Waals surface area contributed by atoms with Gasteiger partial charge in [-0.15, -0.1) is 0 Å². The molecule has 2 unspecified atom stereocenters. The van der Waals surface area contributed by atoms with E-state index in [1.807, 2.05) is 0 Å². The van der Waals surface area contributed by atoms with E-state index in [-0.39, 0.29) is 0 Å². The van der Waals surface area contributed by atoms with Crippen LogP contribution < -0.4 is 10.4 Å². The fourth-order valence-electron chi connectivity index (χ4n) is 10.2. The molecule has 0 saturated heterocycles. The number of hydrogen-bond acceptors (Lipinski definition) is 0. The summed E-state index contributed by atoms with van der Waals surface area (Å²) in [5.74, 6) is -1.80. The van der Waals surface area contributed by atoms with Crippen LogP contribution in [0.4, 0.5) is 0 Å². The first-order valence-electron chi connectivity index (χ1n) is 17.5. The van der Waals surface area contributed by atoms with E-state index in [4.69, 9.17) is 0 Å². The van der Waals surface area contributed by atoms with E-state index in [0.29, 0.717) is 7.25 Å². The molecule has 2 aliphatic carbocycles. The zero-order valence-electron chi connectivity index (χ0n) is 27.4. The maximum absolute atomic E-state index is 4.31. The van der Waals surface area contributed by atoms with E-state index in [1.54, 1.807) is 32.6 Å². The van der Waals surface area contributed by atoms with Crippen LogP contribution in [0.3, 0.4) is 0 Å². The molecular formula is C42H51SiZr. The van der Waals surface area contributed by atoms with Gasteiger partial charge < -0.3 is 0 Å². The summed E-state index contributed by atoms with van der Waals surface area (Å²) in [6, 6.07) is 43.3. The van der Waals surface area contributed by atoms with Gasteiger partial charge in [-0.25, -0.2) is 0 Å². The molecule has 0 nitrogen and oxygen atoms in total. The number of benzene rings is 4. The second-order valence-corrected chi connectivity index (χ2v) is 43.9. The van der Waals surface area contributed by atoms with Gasteiger partial charge in [0, 0.05) is 0 Å². The van der Waals surface area contributed by atoms with Crippen molar-refractivity contribution in [1.82, 2.24) is 0 Å². The monoisotopic (exact) mass is 673 g/mol. The maximum atomic E-state index is 2.66. The molecule has 44 heavy (non-hydrogen) atoms. The Labute approximate surface area is 269 Å². The van der Waals surface area contributed by atoms with Gasteiger partial charge in [-0.3, -0.25) is 0 Å². The number of hydrogen-bond donors (Lipinski definition) is 0. The molecule has 0 N–H and O–H groups in total. The van der Waals surface area contributed by atoms with Crippen LogP contribution in [0, 0.1) is 0 Å². The third-order valence-corrected chi connectivity index (χ3v) is 56.8. The Morgan fingerprint density at radius 3 is 1.27 bits per heavy atom. The molecule has 0 spiro atoms. The molecule has 0 saturated carbocycles. The zero-order valence-corrected chi connectivity index (χ0v) is 31.0. The van der Waals surface area contributed by atoms with Crippen molar-refractivity contribution < 1.29 is 17.9 Å². The molecule has 0 aromatic heterocycles. The summed E-state index contributed by atoms with van der Waals surface area (Å²) in [4.78, 5) is 0. The average molecular weight is 675 g/mol. The number of allylic oxidation sites excluding steroid dienone is 2. The third kappa shape index (κ3) is 5.05. The van der Waals surface area contributed by atoms with Gasteiger partial charge in [0.1, 0.15) is 0 Å². The molecule has 227 valence electrons. The first-order chi connectivity index (χ1) is 21.6. The van der Waals surface area contributed by atoms with E-state index in [9.17, 15) is 0 Å². The molecule has 0 aliphatic heterocycles. The second kappa shape index (κ2) is 13.4. The SMILES string of the molecule is CCC[CH2][Zr]([CH2]CCC)([CH]1C(CC)=Cc2ccccc21)([CH]1C(CC)=Cc2ccccc21)[SiH](c1ccccc1)c1ccccc1. The Balaban J connectivity index is 1.85. The van der Waals surface area contributed by atoms with Crippen LogP contribution in [0.15, 0.2) is 120 Å². The van der Waals surface area contributed by atoms with Crippen LogP contribution >= 0.6 is 0 Å². The van der Waals surface area contributed by atoms with E-state index < -0.39 is 23.9 Å². The van der Waals surface area contributed by atoms with Gasteiger partial charge in [0.2, 0.25) is 0 Å². The van der Waals surface area contributed by atoms with E-state index >= 15 is 0 Å². The Morgan fingerprint density at radius 1 is 0.500 bits per heavy atom. The summed E-state index contributed by atoms with van der Waals surface area (Å²) in [5, 5.41) is 3.38. The van der Waals surface area contributed by atoms with E-state index in [0.717, 1.165) is 12.8 Å². The van der Waals surface area contributed by atoms with Crippen molar-refractivity contribution in [2.75, 3.05) is 0 Å². The zero-order chi connectivity index (χ0) is 30.6. The van der Waals surface area contributed by atoms with Crippen molar-refractivity contribution in [1.29, 1.82) is 0 Å². The first-order valence-corrected chi connectivity index (χ1v) is 29.8. The topological polar surface area (TPSA) is 0 Å². The molecule has 0 radical (unpaired) electrons. The van der Waals surface area contributed by atoms with Crippen molar-refractivity contribution in [2.24, 2.45) is 0 Å². The Morgan fingerprint density at radius 2 is 0.886 bits per heavy atom. The minimum absolute atomic E-state index is 0.582. The molecular weight excluding hydrogens is 624 g/mol. The molecule has 4 aromatic rings. The summed E-state index contributed by atoms with van der Waals surface area (Å²) >= 11 is -4.31. The van der Waals surface area contributed by atoms with Gasteiger partial charge in [-0.05, 0) is 0 Å². The molecule has 2 atom stereocenters. The minimum atomic E-state index is -4.31. The summed E-state index contributed by atoms with van der Waals surface area (Å²) in [7, 11) is 0. The standard InChI is InChI=1S/C12H11Si.2C11H11.2C4H9.Zr/c1-3-7-11(8-4-1)13-12-9-5-2-6-10-12;2*1-2-9-7-10-5-3-4-6-11(10)8-9;2*1-3-4-2;/h1-10,13H;2*3-8H,2H2,1H3;2*1,3-4H2,2H3;. The molecule has 0 heterocycles. The normalized spacial score (nSPS) is 18.3. The number of fused-ring (bicyclic) bond motifs is 2. The summed E-state index contributed by atoms with van der Waals surface area (Å²) in [5.41, 5.74) is 9.84. The van der Waals surface area contributed by atoms with Crippen molar-refractivity contribution in [3.63, 3.8) is 0 Å². The summed E-state index contributed by atoms with van der Waals surface area (Å²) in [6.45, 7) is 9.80. The van der Waals surface area contributed by atoms with Crippen molar-refractivity contribution in [2.45, 2.75) is 81.7 Å². The summed E-state index contributed by atoms with van der Waals surface area (Å²) in [6.07, 6.45) is 12.8. The summed E-state index contributed by atoms with van der Waals surface area (Å²) < 4.78 is 4.06. The molecule has 0 bridgehead atoms. The van der Waals surface area contributed by atoms with Crippen LogP contribution in [-0.2, 0) is 17.9 Å². The van der Waals surface area contributed by atoms with Gasteiger partial charge in [-0.1, -0.05) is 0 Å². The Hall–Kier alpha value is -2.54. The van der Waals surface area contributed by atoms with Gasteiger partial charge in [0.05, 0.1) is 0 Å². The molecule has 0 fully saturated rings. The molecule has 6 rings (SSSR count). The fourth-order valence-corrected chi connectivity index (χ4v) is 68.0. The second-order valence-electron chi connectivity index (χ2n) is 13.7. The predicted octanol–water partition coefficient (Wildman–Crippen LogP) is 10.7. The average Bonchev–Trinajstić information content (AvgIpc) is 3.67. The number of unbranched alkanes of at least 4 members (excludes halogenated alkanes) is 2. The molecule has 0 amide bonds. The van der Waals surface area contributed by atoms with Crippen molar-refractivity contribution in [3.05, 3.63) is 143 Å². The molecule has 4 aromatic carbocycles.